The van der Waals surface area contributed by atoms with E-state index in [4.69, 9.17) is 20.8 Å². The zero-order chi connectivity index (χ0) is 17.9. The first-order chi connectivity index (χ1) is 12.7. The number of furan rings is 1. The van der Waals surface area contributed by atoms with Gasteiger partial charge in [0.1, 0.15) is 11.3 Å². The summed E-state index contributed by atoms with van der Waals surface area (Å²) in [5, 5.41) is 1.74. The maximum absolute atomic E-state index is 5.93. The Hall–Kier alpha value is -3.15. The van der Waals surface area contributed by atoms with Crippen LogP contribution in [0, 0.1) is 11.8 Å². The molecular weight excluding hydrogens is 344 g/mol. The fourth-order valence-electron chi connectivity index (χ4n) is 2.84. The lowest BCUT2D eigenvalue weighted by atomic mass is 9.99. The first-order valence-corrected chi connectivity index (χ1v) is 8.54. The van der Waals surface area contributed by atoms with Crippen LogP contribution in [0.2, 0.25) is 5.02 Å². The van der Waals surface area contributed by atoms with Crippen molar-refractivity contribution < 1.29 is 9.15 Å². The zero-order valence-corrected chi connectivity index (χ0v) is 14.9. The van der Waals surface area contributed by atoms with Crippen molar-refractivity contribution in [2.45, 2.75) is 0 Å². The number of benzene rings is 3. The third kappa shape index (κ3) is 3.18. The Morgan fingerprint density at radius 3 is 2.50 bits per heavy atom. The second-order valence-corrected chi connectivity index (χ2v) is 6.25. The second kappa shape index (κ2) is 7.00. The van der Waals surface area contributed by atoms with Crippen LogP contribution in [0.5, 0.6) is 5.75 Å². The second-order valence-electron chi connectivity index (χ2n) is 5.81. The number of ether oxygens (including phenoxy) is 1. The summed E-state index contributed by atoms with van der Waals surface area (Å²) in [6.45, 7) is 0. The van der Waals surface area contributed by atoms with Crippen LogP contribution in [0.15, 0.2) is 77.4 Å². The quantitative estimate of drug-likeness (QED) is 0.400. The van der Waals surface area contributed by atoms with Crippen LogP contribution in [0.3, 0.4) is 0 Å². The van der Waals surface area contributed by atoms with Gasteiger partial charge in [-0.05, 0) is 42.5 Å². The summed E-state index contributed by atoms with van der Waals surface area (Å²) in [6.07, 6.45) is 1.77. The normalized spacial score (nSPS) is 10.4. The van der Waals surface area contributed by atoms with Gasteiger partial charge in [-0.1, -0.05) is 41.6 Å². The van der Waals surface area contributed by atoms with E-state index in [1.54, 1.807) is 13.4 Å². The minimum atomic E-state index is 0.705. The molecule has 0 fully saturated rings. The molecule has 0 N–H and O–H groups in total. The highest BCUT2D eigenvalue weighted by atomic mass is 35.5. The minimum absolute atomic E-state index is 0.705. The summed E-state index contributed by atoms with van der Waals surface area (Å²) >= 11 is 5.93. The van der Waals surface area contributed by atoms with Crippen LogP contribution in [-0.2, 0) is 0 Å². The summed E-state index contributed by atoms with van der Waals surface area (Å²) in [7, 11) is 1.65. The first kappa shape index (κ1) is 16.3. The molecule has 3 heteroatoms. The molecule has 1 aromatic heterocycles. The molecule has 0 spiro atoms. The van der Waals surface area contributed by atoms with Crippen molar-refractivity contribution >= 4 is 22.6 Å². The molecule has 0 aliphatic carbocycles. The SMILES string of the molecule is COc1ccc2c(-c3ccccc3C#Cc3ccc(Cl)cc3)coc2c1. The molecule has 0 atom stereocenters. The molecule has 4 aromatic rings. The van der Waals surface area contributed by atoms with Gasteiger partial charge in [0.05, 0.1) is 13.4 Å². The lowest BCUT2D eigenvalue weighted by Gasteiger charge is -2.03. The van der Waals surface area contributed by atoms with Crippen molar-refractivity contribution in [1.82, 2.24) is 0 Å². The van der Waals surface area contributed by atoms with Crippen molar-refractivity contribution in [1.29, 1.82) is 0 Å². The van der Waals surface area contributed by atoms with E-state index in [0.717, 1.165) is 39.0 Å². The summed E-state index contributed by atoms with van der Waals surface area (Å²) in [5.41, 5.74) is 4.72. The average Bonchev–Trinajstić information content (AvgIpc) is 3.10. The Morgan fingerprint density at radius 1 is 0.885 bits per heavy atom. The first-order valence-electron chi connectivity index (χ1n) is 8.17. The fraction of sp³-hybridized carbons (Fsp3) is 0.0435. The molecule has 0 saturated carbocycles. The van der Waals surface area contributed by atoms with Crippen molar-refractivity contribution in [3.63, 3.8) is 0 Å². The predicted molar refractivity (Wildman–Crippen MR) is 106 cm³/mol. The summed E-state index contributed by atoms with van der Waals surface area (Å²) in [6, 6.07) is 21.4. The van der Waals surface area contributed by atoms with Gasteiger partial charge < -0.3 is 9.15 Å². The Kier molecular flexibility index (Phi) is 4.39. The minimum Gasteiger partial charge on any atom is -0.497 e. The van der Waals surface area contributed by atoms with Crippen molar-refractivity contribution in [2.24, 2.45) is 0 Å². The van der Waals surface area contributed by atoms with Gasteiger partial charge in [-0.3, -0.25) is 0 Å². The van der Waals surface area contributed by atoms with Gasteiger partial charge in [-0.25, -0.2) is 0 Å². The van der Waals surface area contributed by atoms with Crippen molar-refractivity contribution in [3.05, 3.63) is 89.1 Å². The largest absolute Gasteiger partial charge is 0.497 e. The highest BCUT2D eigenvalue weighted by Crippen LogP contribution is 2.34. The Labute approximate surface area is 157 Å². The number of rotatable bonds is 2. The van der Waals surface area contributed by atoms with Gasteiger partial charge in [0.2, 0.25) is 0 Å². The lowest BCUT2D eigenvalue weighted by Crippen LogP contribution is -1.84. The molecule has 2 nitrogen and oxygen atoms in total. The van der Waals surface area contributed by atoms with E-state index < -0.39 is 0 Å². The topological polar surface area (TPSA) is 22.4 Å². The molecule has 4 rings (SSSR count). The van der Waals surface area contributed by atoms with Crippen LogP contribution < -0.4 is 4.74 Å². The molecule has 3 aromatic carbocycles. The van der Waals surface area contributed by atoms with Crippen LogP contribution in [0.4, 0.5) is 0 Å². The Morgan fingerprint density at radius 2 is 1.69 bits per heavy atom. The van der Waals surface area contributed by atoms with Gasteiger partial charge in [-0.2, -0.15) is 0 Å². The van der Waals surface area contributed by atoms with Gasteiger partial charge >= 0.3 is 0 Å². The molecule has 0 amide bonds. The van der Waals surface area contributed by atoms with E-state index in [9.17, 15) is 0 Å². The molecule has 0 aliphatic heterocycles. The van der Waals surface area contributed by atoms with Crippen LogP contribution in [0.1, 0.15) is 11.1 Å². The number of fused-ring (bicyclic) bond motifs is 1. The highest BCUT2D eigenvalue weighted by Gasteiger charge is 2.11. The third-order valence-electron chi connectivity index (χ3n) is 4.19. The molecular formula is C23H15ClO2. The van der Waals surface area contributed by atoms with Gasteiger partial charge in [0.15, 0.2) is 0 Å². The molecule has 126 valence electrons. The van der Waals surface area contributed by atoms with Crippen molar-refractivity contribution in [3.8, 4) is 28.7 Å². The van der Waals surface area contributed by atoms with Crippen molar-refractivity contribution in [2.75, 3.05) is 7.11 Å². The van der Waals surface area contributed by atoms with E-state index in [0.29, 0.717) is 5.02 Å². The Balaban J connectivity index is 1.78. The summed E-state index contributed by atoms with van der Waals surface area (Å²) in [5.74, 6) is 7.24. The number of hydrogen-bond donors (Lipinski definition) is 0. The zero-order valence-electron chi connectivity index (χ0n) is 14.1. The maximum atomic E-state index is 5.93. The van der Waals surface area contributed by atoms with E-state index >= 15 is 0 Å². The smallest absolute Gasteiger partial charge is 0.138 e. The predicted octanol–water partition coefficient (Wildman–Crippen LogP) is 6.16. The van der Waals surface area contributed by atoms with Crippen LogP contribution in [0.25, 0.3) is 22.1 Å². The van der Waals surface area contributed by atoms with E-state index in [1.165, 1.54) is 0 Å². The van der Waals surface area contributed by atoms with Crippen LogP contribution in [-0.4, -0.2) is 7.11 Å². The number of hydrogen-bond acceptors (Lipinski definition) is 2. The fourth-order valence-corrected chi connectivity index (χ4v) is 2.97. The molecule has 0 bridgehead atoms. The molecule has 0 radical (unpaired) electrons. The molecule has 26 heavy (non-hydrogen) atoms. The molecule has 0 unspecified atom stereocenters. The highest BCUT2D eigenvalue weighted by molar-refractivity contribution is 6.30. The Bertz CT molecular complexity index is 1130. The average molecular weight is 359 g/mol. The number of methoxy groups -OCH3 is 1. The van der Waals surface area contributed by atoms with Gasteiger partial charge in [-0.15, -0.1) is 0 Å². The van der Waals surface area contributed by atoms with E-state index in [2.05, 4.69) is 17.9 Å². The van der Waals surface area contributed by atoms with Gasteiger partial charge in [0.25, 0.3) is 0 Å². The third-order valence-corrected chi connectivity index (χ3v) is 4.44. The monoisotopic (exact) mass is 358 g/mol. The lowest BCUT2D eigenvalue weighted by molar-refractivity contribution is 0.414. The molecule has 1 heterocycles. The molecule has 0 aliphatic rings. The van der Waals surface area contributed by atoms with E-state index in [-0.39, 0.29) is 0 Å². The maximum Gasteiger partial charge on any atom is 0.138 e. The standard InChI is InChI=1S/C23H15ClO2/c1-25-19-12-13-21-22(15-26-23(21)14-19)20-5-3-2-4-17(20)9-6-16-7-10-18(24)11-8-16/h2-5,7-8,10-15H,1H3. The molecule has 0 saturated heterocycles. The van der Waals surface area contributed by atoms with Crippen LogP contribution >= 0.6 is 11.6 Å². The summed E-state index contributed by atoms with van der Waals surface area (Å²) in [4.78, 5) is 0. The number of halogens is 1. The van der Waals surface area contributed by atoms with E-state index in [1.807, 2.05) is 60.7 Å². The van der Waals surface area contributed by atoms with Gasteiger partial charge in [0, 0.05) is 38.7 Å². The summed E-state index contributed by atoms with van der Waals surface area (Å²) < 4.78 is 11.0.